The van der Waals surface area contributed by atoms with Crippen molar-refractivity contribution in [3.05, 3.63) is 0 Å². The Bertz CT molecular complexity index is 88.2. The molecule has 0 rings (SSSR count). The first kappa shape index (κ1) is 11.3. The topological polar surface area (TPSA) is 23.5 Å². The molecule has 0 heterocycles. The van der Waals surface area contributed by atoms with Crippen molar-refractivity contribution in [3.63, 3.8) is 0 Å². The molecule has 2 nitrogen and oxygen atoms in total. The van der Waals surface area contributed by atoms with Gasteiger partial charge >= 0.3 is 0 Å². The first-order valence-corrected chi connectivity index (χ1v) is 4.81. The highest BCUT2D eigenvalue weighted by Gasteiger charge is 2.06. The number of rotatable bonds is 6. The van der Waals surface area contributed by atoms with Gasteiger partial charge in [-0.3, -0.25) is 0 Å². The minimum Gasteiger partial charge on any atom is -0.396 e. The Morgan fingerprint density at radius 1 is 1.36 bits per heavy atom. The molecular weight excluding hydrogens is 158 g/mol. The molecule has 1 N–H and O–H groups in total. The summed E-state index contributed by atoms with van der Waals surface area (Å²) in [6.45, 7) is 6.62. The van der Waals surface area contributed by atoms with Gasteiger partial charge in [0, 0.05) is 31.5 Å². The predicted molar refractivity (Wildman–Crippen MR) is 52.3 cm³/mol. The van der Waals surface area contributed by atoms with Crippen LogP contribution in [0.2, 0.25) is 0 Å². The van der Waals surface area contributed by atoms with Crippen LogP contribution in [0.5, 0.6) is 0 Å². The predicted octanol–water partition coefficient (Wildman–Crippen LogP) is 1.01. The maximum absolute atomic E-state index is 8.62. The molecule has 0 saturated carbocycles. The van der Waals surface area contributed by atoms with Crippen LogP contribution < -0.4 is 0 Å². The van der Waals surface area contributed by atoms with E-state index in [0.717, 1.165) is 25.3 Å². The Balaban J connectivity index is 3.51. The summed E-state index contributed by atoms with van der Waals surface area (Å²) in [6, 6.07) is 0.564. The number of hydrogen-bond donors (Lipinski definition) is 2. The molecule has 0 amide bonds. The smallest absolute Gasteiger partial charge is 0.0443 e. The molecule has 0 saturated heterocycles. The first-order chi connectivity index (χ1) is 5.22. The summed E-state index contributed by atoms with van der Waals surface area (Å²) in [7, 11) is 0. The van der Waals surface area contributed by atoms with E-state index in [1.807, 2.05) is 0 Å². The molecule has 0 aliphatic rings. The average Bonchev–Trinajstić information content (AvgIpc) is 1.97. The van der Waals surface area contributed by atoms with Gasteiger partial charge in [0.25, 0.3) is 0 Å². The van der Waals surface area contributed by atoms with E-state index in [1.165, 1.54) is 0 Å². The number of thiol groups is 1. The minimum atomic E-state index is 0.287. The van der Waals surface area contributed by atoms with E-state index in [4.69, 9.17) is 5.11 Å². The number of nitrogens with zero attached hydrogens (tertiary/aromatic N) is 1. The number of hydrogen-bond acceptors (Lipinski definition) is 3. The Kier molecular flexibility index (Phi) is 7.12. The lowest BCUT2D eigenvalue weighted by Gasteiger charge is -2.25. The second kappa shape index (κ2) is 6.95. The van der Waals surface area contributed by atoms with Crippen molar-refractivity contribution in [3.8, 4) is 0 Å². The van der Waals surface area contributed by atoms with E-state index in [1.54, 1.807) is 0 Å². The lowest BCUT2D eigenvalue weighted by molar-refractivity contribution is 0.201. The summed E-state index contributed by atoms with van der Waals surface area (Å²) in [6.07, 6.45) is 0.867. The molecule has 0 aromatic carbocycles. The molecule has 0 bridgehead atoms. The van der Waals surface area contributed by atoms with Crippen LogP contribution in [0.4, 0.5) is 0 Å². The molecule has 0 radical (unpaired) electrons. The molecule has 0 aliphatic heterocycles. The fraction of sp³-hybridized carbons (Fsp3) is 1.00. The molecule has 0 spiro atoms. The molecule has 68 valence electrons. The van der Waals surface area contributed by atoms with Gasteiger partial charge in [-0.25, -0.2) is 0 Å². The minimum absolute atomic E-state index is 0.287. The van der Waals surface area contributed by atoms with Gasteiger partial charge in [0.15, 0.2) is 0 Å². The Morgan fingerprint density at radius 3 is 2.36 bits per heavy atom. The number of aliphatic hydroxyl groups is 1. The molecule has 11 heavy (non-hydrogen) atoms. The van der Waals surface area contributed by atoms with Crippen LogP contribution in [0.3, 0.4) is 0 Å². The zero-order valence-electron chi connectivity index (χ0n) is 7.45. The quantitative estimate of drug-likeness (QED) is 0.592. The van der Waals surface area contributed by atoms with Crippen molar-refractivity contribution in [2.24, 2.45) is 0 Å². The average molecular weight is 177 g/mol. The van der Waals surface area contributed by atoms with E-state index in [2.05, 4.69) is 31.4 Å². The standard InChI is InChI=1S/C8H19NOS/c1-8(2)9(5-7-11)4-3-6-10/h8,10-11H,3-7H2,1-2H3. The highest BCUT2D eigenvalue weighted by molar-refractivity contribution is 7.80. The fourth-order valence-electron chi connectivity index (χ4n) is 1.03. The second-order valence-electron chi connectivity index (χ2n) is 2.93. The fourth-order valence-corrected chi connectivity index (χ4v) is 1.29. The monoisotopic (exact) mass is 177 g/mol. The maximum atomic E-state index is 8.62. The first-order valence-electron chi connectivity index (χ1n) is 4.18. The van der Waals surface area contributed by atoms with Crippen LogP contribution in [0.15, 0.2) is 0 Å². The van der Waals surface area contributed by atoms with Gasteiger partial charge in [-0.2, -0.15) is 12.6 Å². The van der Waals surface area contributed by atoms with E-state index < -0.39 is 0 Å². The van der Waals surface area contributed by atoms with Crippen LogP contribution in [-0.4, -0.2) is 41.5 Å². The molecule has 0 atom stereocenters. The third-order valence-electron chi connectivity index (χ3n) is 1.72. The van der Waals surface area contributed by atoms with Crippen molar-refractivity contribution in [2.75, 3.05) is 25.4 Å². The molecular formula is C8H19NOS. The van der Waals surface area contributed by atoms with E-state index in [9.17, 15) is 0 Å². The van der Waals surface area contributed by atoms with Gasteiger partial charge in [-0.05, 0) is 20.3 Å². The Hall–Kier alpha value is 0.270. The van der Waals surface area contributed by atoms with E-state index in [-0.39, 0.29) is 6.61 Å². The molecule has 0 aromatic rings. The van der Waals surface area contributed by atoms with Crippen molar-refractivity contribution >= 4 is 12.6 Å². The molecule has 0 aromatic heterocycles. The van der Waals surface area contributed by atoms with Gasteiger partial charge in [0.1, 0.15) is 0 Å². The lowest BCUT2D eigenvalue weighted by Crippen LogP contribution is -2.33. The number of aliphatic hydroxyl groups excluding tert-OH is 1. The van der Waals surface area contributed by atoms with Crippen LogP contribution in [0, 0.1) is 0 Å². The maximum Gasteiger partial charge on any atom is 0.0443 e. The van der Waals surface area contributed by atoms with E-state index >= 15 is 0 Å². The summed E-state index contributed by atoms with van der Waals surface area (Å²) in [5, 5.41) is 8.62. The van der Waals surface area contributed by atoms with Crippen LogP contribution in [0.25, 0.3) is 0 Å². The zero-order valence-corrected chi connectivity index (χ0v) is 8.35. The molecule has 3 heteroatoms. The molecule has 0 aliphatic carbocycles. The SMILES string of the molecule is CC(C)N(CCS)CCCO. The Morgan fingerprint density at radius 2 is 2.00 bits per heavy atom. The van der Waals surface area contributed by atoms with Gasteiger partial charge in [0.2, 0.25) is 0 Å². The van der Waals surface area contributed by atoms with Crippen molar-refractivity contribution in [1.29, 1.82) is 0 Å². The Labute approximate surface area is 75.0 Å². The summed E-state index contributed by atoms with van der Waals surface area (Å²) >= 11 is 4.17. The lowest BCUT2D eigenvalue weighted by atomic mass is 10.3. The highest BCUT2D eigenvalue weighted by Crippen LogP contribution is 1.99. The largest absolute Gasteiger partial charge is 0.396 e. The highest BCUT2D eigenvalue weighted by atomic mass is 32.1. The van der Waals surface area contributed by atoms with Crippen molar-refractivity contribution in [1.82, 2.24) is 4.90 Å². The summed E-state index contributed by atoms with van der Waals surface area (Å²) in [5.41, 5.74) is 0. The van der Waals surface area contributed by atoms with Gasteiger partial charge in [-0.15, -0.1) is 0 Å². The van der Waals surface area contributed by atoms with E-state index in [0.29, 0.717) is 6.04 Å². The van der Waals surface area contributed by atoms with Crippen molar-refractivity contribution < 1.29 is 5.11 Å². The second-order valence-corrected chi connectivity index (χ2v) is 3.38. The van der Waals surface area contributed by atoms with Crippen LogP contribution >= 0.6 is 12.6 Å². The van der Waals surface area contributed by atoms with Crippen LogP contribution in [0.1, 0.15) is 20.3 Å². The third-order valence-corrected chi connectivity index (χ3v) is 1.92. The summed E-state index contributed by atoms with van der Waals surface area (Å²) < 4.78 is 0. The van der Waals surface area contributed by atoms with Crippen LogP contribution in [-0.2, 0) is 0 Å². The normalized spacial score (nSPS) is 11.5. The molecule has 0 fully saturated rings. The van der Waals surface area contributed by atoms with Gasteiger partial charge in [0.05, 0.1) is 0 Å². The van der Waals surface area contributed by atoms with Gasteiger partial charge in [-0.1, -0.05) is 0 Å². The van der Waals surface area contributed by atoms with Gasteiger partial charge < -0.3 is 10.0 Å². The zero-order chi connectivity index (χ0) is 8.69. The van der Waals surface area contributed by atoms with Crippen molar-refractivity contribution in [2.45, 2.75) is 26.3 Å². The third kappa shape index (κ3) is 5.53. The molecule has 0 unspecified atom stereocenters. The summed E-state index contributed by atoms with van der Waals surface area (Å²) in [4.78, 5) is 2.32. The summed E-state index contributed by atoms with van der Waals surface area (Å²) in [5.74, 6) is 0.892.